The molecule has 23 heavy (non-hydrogen) atoms. The molecule has 2 atom stereocenters. The Bertz CT molecular complexity index is 408. The van der Waals surface area contributed by atoms with Crippen LogP contribution in [0.4, 0.5) is 0 Å². The van der Waals surface area contributed by atoms with Crippen molar-refractivity contribution in [1.29, 1.82) is 0 Å². The molecule has 0 aromatic rings. The number of alkyl halides is 5. The average Bonchev–Trinajstić information content (AvgIpc) is 2.42. The fourth-order valence-electron chi connectivity index (χ4n) is 2.54. The van der Waals surface area contributed by atoms with Crippen molar-refractivity contribution >= 4 is 74.5 Å². The normalized spacial score (nSPS) is 17.8. The Hall–Kier alpha value is 1.94. The number of phosphoric acid groups is 1. The summed E-state index contributed by atoms with van der Waals surface area (Å²) >= 11 is 26.1. The van der Waals surface area contributed by atoms with Crippen LogP contribution in [0, 0.1) is 5.41 Å². The lowest BCUT2D eigenvalue weighted by Gasteiger charge is -2.47. The van der Waals surface area contributed by atoms with Crippen LogP contribution in [0.5, 0.6) is 0 Å². The fraction of sp³-hybridized carbons (Fsp3) is 1.00. The minimum absolute atomic E-state index is 0.191. The van der Waals surface area contributed by atoms with Crippen LogP contribution in [0.2, 0.25) is 0 Å². The smallest absolute Gasteiger partial charge is 0.303 e. The summed E-state index contributed by atoms with van der Waals surface area (Å²) in [5.74, 6) is 0. The van der Waals surface area contributed by atoms with Gasteiger partial charge in [0.05, 0.1) is 0 Å². The maximum absolute atomic E-state index is 11.5. The molecule has 0 aromatic carbocycles. The van der Waals surface area contributed by atoms with Crippen LogP contribution < -0.4 is 0 Å². The van der Waals surface area contributed by atoms with E-state index in [0.717, 1.165) is 12.8 Å². The van der Waals surface area contributed by atoms with E-state index in [0.29, 0.717) is 11.8 Å². The van der Waals surface area contributed by atoms with Crippen molar-refractivity contribution in [3.8, 4) is 0 Å². The number of halogens is 5. The van der Waals surface area contributed by atoms with Gasteiger partial charge in [0, 0.05) is 5.33 Å². The minimum atomic E-state index is -4.85. The molecule has 0 radical (unpaired) electrons. The number of phosphoric ester groups is 1. The zero-order chi connectivity index (χ0) is 18.5. The summed E-state index contributed by atoms with van der Waals surface area (Å²) in [6.45, 7) is 5.88. The van der Waals surface area contributed by atoms with Crippen LogP contribution >= 0.6 is 74.5 Å². The lowest BCUT2D eigenvalue weighted by molar-refractivity contribution is 0.0117. The average molecular weight is 541 g/mol. The van der Waals surface area contributed by atoms with Crippen molar-refractivity contribution in [2.75, 3.05) is 5.33 Å². The highest BCUT2D eigenvalue weighted by Gasteiger charge is 2.59. The van der Waals surface area contributed by atoms with Gasteiger partial charge >= 0.3 is 7.82 Å². The predicted molar refractivity (Wildman–Crippen MR) is 105 cm³/mol. The first-order valence-electron chi connectivity index (χ1n) is 7.33. The van der Waals surface area contributed by atoms with Gasteiger partial charge in [-0.05, 0) is 31.1 Å². The van der Waals surface area contributed by atoms with Crippen LogP contribution in [-0.2, 0) is 9.09 Å². The Morgan fingerprint density at radius 1 is 1.22 bits per heavy atom. The van der Waals surface area contributed by atoms with Crippen molar-refractivity contribution in [2.45, 2.75) is 67.1 Å². The second-order valence-corrected chi connectivity index (χ2v) is 10.8. The third-order valence-electron chi connectivity index (χ3n) is 4.26. The highest BCUT2D eigenvalue weighted by Crippen LogP contribution is 2.58. The first kappa shape index (κ1) is 24.9. The Labute approximate surface area is 170 Å². The summed E-state index contributed by atoms with van der Waals surface area (Å²) in [7, 11) is -4.85. The number of hydrogen-bond donors (Lipinski definition) is 2. The standard InChI is InChI=1S/C13H24Br2Cl3O4P/c1-4-7-12(10(15)16,22-23(19,20)21)13(17,18)8-11(5-2,6-3)9-14/h10H,4-9H2,1-3H3,(H2,19,20,21). The highest BCUT2D eigenvalue weighted by atomic mass is 79.9. The van der Waals surface area contributed by atoms with E-state index in [2.05, 4.69) is 31.9 Å². The summed E-state index contributed by atoms with van der Waals surface area (Å²) in [5.41, 5.74) is -1.87. The third kappa shape index (κ3) is 6.55. The van der Waals surface area contributed by atoms with E-state index in [1.54, 1.807) is 0 Å². The molecule has 140 valence electrons. The molecule has 0 saturated carbocycles. The van der Waals surface area contributed by atoms with Gasteiger partial charge in [-0.3, -0.25) is 4.52 Å². The van der Waals surface area contributed by atoms with Crippen molar-refractivity contribution in [2.24, 2.45) is 5.41 Å². The maximum atomic E-state index is 11.5. The highest BCUT2D eigenvalue weighted by molar-refractivity contribution is 9.10. The van der Waals surface area contributed by atoms with Crippen LogP contribution in [0.1, 0.15) is 52.9 Å². The molecule has 0 aliphatic rings. The van der Waals surface area contributed by atoms with Gasteiger partial charge in [-0.1, -0.05) is 82.3 Å². The third-order valence-corrected chi connectivity index (χ3v) is 8.01. The Balaban J connectivity index is 5.97. The van der Waals surface area contributed by atoms with Crippen LogP contribution in [0.15, 0.2) is 0 Å². The molecule has 0 aliphatic carbocycles. The van der Waals surface area contributed by atoms with E-state index >= 15 is 0 Å². The Morgan fingerprint density at radius 3 is 1.96 bits per heavy atom. The second kappa shape index (κ2) is 9.75. The van der Waals surface area contributed by atoms with Crippen molar-refractivity contribution < 1.29 is 18.9 Å². The maximum Gasteiger partial charge on any atom is 0.470 e. The van der Waals surface area contributed by atoms with E-state index < -0.39 is 22.0 Å². The summed E-state index contributed by atoms with van der Waals surface area (Å²) in [4.78, 5) is 18.7. The molecule has 0 aliphatic heterocycles. The molecule has 0 spiro atoms. The van der Waals surface area contributed by atoms with Gasteiger partial charge in [0.1, 0.15) is 9.89 Å². The molecule has 0 heterocycles. The first-order valence-corrected chi connectivity index (χ1v) is 12.1. The summed E-state index contributed by atoms with van der Waals surface area (Å²) in [5, 5.41) is 0.654. The van der Waals surface area contributed by atoms with Crippen LogP contribution in [-0.4, -0.2) is 29.3 Å². The van der Waals surface area contributed by atoms with Gasteiger partial charge < -0.3 is 9.79 Å². The number of rotatable bonds is 11. The predicted octanol–water partition coefficient (Wildman–Crippen LogP) is 6.36. The van der Waals surface area contributed by atoms with Crippen molar-refractivity contribution in [1.82, 2.24) is 0 Å². The van der Waals surface area contributed by atoms with Crippen molar-refractivity contribution in [3.63, 3.8) is 0 Å². The summed E-state index contributed by atoms with van der Waals surface area (Å²) in [6, 6.07) is 0. The van der Waals surface area contributed by atoms with Gasteiger partial charge in [-0.15, -0.1) is 11.6 Å². The van der Waals surface area contributed by atoms with Gasteiger partial charge in [0.25, 0.3) is 0 Å². The quantitative estimate of drug-likeness (QED) is 0.236. The monoisotopic (exact) mass is 538 g/mol. The number of hydrogen-bond acceptors (Lipinski definition) is 2. The van der Waals surface area contributed by atoms with E-state index in [-0.39, 0.29) is 18.3 Å². The molecule has 0 aromatic heterocycles. The van der Waals surface area contributed by atoms with E-state index in [4.69, 9.17) is 39.3 Å². The molecular weight excluding hydrogens is 517 g/mol. The molecule has 4 nitrogen and oxygen atoms in total. The zero-order valence-electron chi connectivity index (χ0n) is 13.4. The van der Waals surface area contributed by atoms with Gasteiger partial charge in [-0.2, -0.15) is 0 Å². The summed E-state index contributed by atoms with van der Waals surface area (Å²) < 4.78 is 14.0. The molecule has 2 unspecified atom stereocenters. The Morgan fingerprint density at radius 2 is 1.70 bits per heavy atom. The van der Waals surface area contributed by atoms with E-state index in [1.165, 1.54) is 0 Å². The molecule has 2 N–H and O–H groups in total. The largest absolute Gasteiger partial charge is 0.470 e. The molecular formula is C13H24Br2Cl3O4P. The lowest BCUT2D eigenvalue weighted by Crippen LogP contribution is -2.55. The Kier molecular flexibility index (Phi) is 10.6. The SMILES string of the molecule is CCCC(OP(=O)(O)O)(C(Cl)Br)C(Cl)(Cl)CC(CC)(CC)CBr. The molecule has 0 rings (SSSR count). The minimum Gasteiger partial charge on any atom is -0.303 e. The molecule has 0 amide bonds. The molecule has 0 bridgehead atoms. The molecule has 10 heteroatoms. The van der Waals surface area contributed by atoms with Crippen LogP contribution in [0.25, 0.3) is 0 Å². The zero-order valence-corrected chi connectivity index (χ0v) is 19.7. The first-order chi connectivity index (χ1) is 10.4. The van der Waals surface area contributed by atoms with E-state index in [9.17, 15) is 14.4 Å². The lowest BCUT2D eigenvalue weighted by atomic mass is 9.76. The van der Waals surface area contributed by atoms with Gasteiger partial charge in [0.2, 0.25) is 0 Å². The fourth-order valence-corrected chi connectivity index (χ4v) is 7.11. The van der Waals surface area contributed by atoms with Crippen LogP contribution in [0.3, 0.4) is 0 Å². The van der Waals surface area contributed by atoms with Crippen molar-refractivity contribution in [3.05, 3.63) is 0 Å². The van der Waals surface area contributed by atoms with Gasteiger partial charge in [-0.25, -0.2) is 4.57 Å². The van der Waals surface area contributed by atoms with E-state index in [1.807, 2.05) is 20.8 Å². The molecule has 0 saturated heterocycles. The van der Waals surface area contributed by atoms with Gasteiger partial charge in [0.15, 0.2) is 4.33 Å². The summed E-state index contributed by atoms with van der Waals surface area (Å²) in [6.07, 6.45) is 2.59. The topological polar surface area (TPSA) is 66.8 Å². The second-order valence-electron chi connectivity index (χ2n) is 5.74. The molecule has 0 fully saturated rings.